The zero-order chi connectivity index (χ0) is 17.0. The molecule has 2 aromatic heterocycles. The Morgan fingerprint density at radius 1 is 1.26 bits per heavy atom. The number of alkyl halides is 5. The van der Waals surface area contributed by atoms with Crippen LogP contribution in [0, 0.1) is 6.92 Å². The van der Waals surface area contributed by atoms with Crippen LogP contribution in [0.1, 0.15) is 34.7 Å². The molecule has 10 heteroatoms. The van der Waals surface area contributed by atoms with Crippen LogP contribution in [0.4, 0.5) is 22.0 Å². The molecule has 124 valence electrons. The van der Waals surface area contributed by atoms with Crippen LogP contribution in [-0.4, -0.2) is 32.7 Å². The third kappa shape index (κ3) is 2.73. The molecule has 0 aliphatic heterocycles. The number of fused-ring (bicyclic) bond motifs is 1. The second-order valence-corrected chi connectivity index (χ2v) is 5.40. The van der Waals surface area contributed by atoms with E-state index in [1.807, 2.05) is 0 Å². The Kier molecular flexibility index (Phi) is 3.31. The molecule has 0 bridgehead atoms. The minimum Gasteiger partial charge on any atom is -0.348 e. The van der Waals surface area contributed by atoms with Crippen molar-refractivity contribution >= 4 is 11.6 Å². The molecule has 0 radical (unpaired) electrons. The van der Waals surface area contributed by atoms with E-state index >= 15 is 0 Å². The predicted octanol–water partition coefficient (Wildman–Crippen LogP) is 2.58. The van der Waals surface area contributed by atoms with E-state index in [9.17, 15) is 26.7 Å². The molecule has 0 saturated heterocycles. The van der Waals surface area contributed by atoms with Crippen molar-refractivity contribution < 1.29 is 26.7 Å². The lowest BCUT2D eigenvalue weighted by Gasteiger charge is -2.20. The van der Waals surface area contributed by atoms with Crippen molar-refractivity contribution in [1.82, 2.24) is 19.9 Å². The molecular formula is C13H11F5N4O. The van der Waals surface area contributed by atoms with Crippen molar-refractivity contribution in [2.24, 2.45) is 0 Å². The van der Waals surface area contributed by atoms with E-state index in [1.54, 1.807) is 0 Å². The molecule has 2 heterocycles. The normalized spacial score (nSPS) is 15.9. The summed E-state index contributed by atoms with van der Waals surface area (Å²) in [7, 11) is 0. The Hall–Kier alpha value is -2.26. The molecule has 1 N–H and O–H groups in total. The average Bonchev–Trinajstić information content (AvgIpc) is 3.12. The van der Waals surface area contributed by atoms with Gasteiger partial charge in [-0.1, -0.05) is 0 Å². The van der Waals surface area contributed by atoms with Gasteiger partial charge in [-0.05, 0) is 25.8 Å². The van der Waals surface area contributed by atoms with Crippen LogP contribution in [-0.2, 0) is 5.92 Å². The number of carbonyl (C=O) groups excluding carboxylic acids is 1. The van der Waals surface area contributed by atoms with Gasteiger partial charge in [-0.25, -0.2) is 9.50 Å². The van der Waals surface area contributed by atoms with Crippen molar-refractivity contribution in [1.29, 1.82) is 0 Å². The summed E-state index contributed by atoms with van der Waals surface area (Å²) in [4.78, 5) is 15.7. The van der Waals surface area contributed by atoms with Crippen molar-refractivity contribution in [3.05, 3.63) is 29.2 Å². The maximum atomic E-state index is 13.7. The molecule has 0 atom stereocenters. The summed E-state index contributed by atoms with van der Waals surface area (Å²) in [5.41, 5.74) is -1.91. The second kappa shape index (κ2) is 4.87. The molecule has 23 heavy (non-hydrogen) atoms. The van der Waals surface area contributed by atoms with Gasteiger partial charge in [-0.2, -0.15) is 27.1 Å². The Labute approximate surface area is 126 Å². The standard InChI is InChI=1S/C13H11F5N4O/c1-6-4-9(12(14,15)13(16,17)18)22-10(19-6)5-8(21-22)11(23)20-7-2-3-7/h4-5,7H,2-3H2,1H3,(H,20,23). The number of nitrogens with zero attached hydrogens (tertiary/aromatic N) is 3. The highest BCUT2D eigenvalue weighted by atomic mass is 19.4. The van der Waals surface area contributed by atoms with Crippen LogP contribution in [0.2, 0.25) is 0 Å². The number of carbonyl (C=O) groups is 1. The number of halogens is 5. The summed E-state index contributed by atoms with van der Waals surface area (Å²) < 4.78 is 65.6. The number of hydrogen-bond donors (Lipinski definition) is 1. The van der Waals surface area contributed by atoms with Gasteiger partial charge in [-0.3, -0.25) is 4.79 Å². The molecule has 3 rings (SSSR count). The molecule has 1 saturated carbocycles. The van der Waals surface area contributed by atoms with Crippen LogP contribution in [0.5, 0.6) is 0 Å². The molecule has 1 aliphatic rings. The zero-order valence-electron chi connectivity index (χ0n) is 11.8. The quantitative estimate of drug-likeness (QED) is 0.878. The topological polar surface area (TPSA) is 59.3 Å². The SMILES string of the molecule is Cc1cc(C(F)(F)C(F)(F)F)n2nc(C(=O)NC3CC3)cc2n1. The van der Waals surface area contributed by atoms with Crippen molar-refractivity contribution in [3.8, 4) is 0 Å². The summed E-state index contributed by atoms with van der Waals surface area (Å²) in [5.74, 6) is -5.74. The predicted molar refractivity (Wildman–Crippen MR) is 68.2 cm³/mol. The van der Waals surface area contributed by atoms with Gasteiger partial charge in [-0.15, -0.1) is 0 Å². The number of aryl methyl sites for hydroxylation is 1. The maximum absolute atomic E-state index is 13.7. The van der Waals surface area contributed by atoms with Gasteiger partial charge in [0.25, 0.3) is 5.91 Å². The highest BCUT2D eigenvalue weighted by Crippen LogP contribution is 2.43. The number of hydrogen-bond acceptors (Lipinski definition) is 3. The van der Waals surface area contributed by atoms with Crippen LogP contribution in [0.3, 0.4) is 0 Å². The van der Waals surface area contributed by atoms with E-state index in [0.29, 0.717) is 10.6 Å². The first kappa shape index (κ1) is 15.6. The van der Waals surface area contributed by atoms with E-state index < -0.39 is 23.7 Å². The third-order valence-electron chi connectivity index (χ3n) is 3.38. The molecular weight excluding hydrogens is 323 g/mol. The van der Waals surface area contributed by atoms with Gasteiger partial charge in [0, 0.05) is 17.8 Å². The summed E-state index contributed by atoms with van der Waals surface area (Å²) in [6.45, 7) is 1.28. The van der Waals surface area contributed by atoms with Gasteiger partial charge in [0.2, 0.25) is 0 Å². The summed E-state index contributed by atoms with van der Waals surface area (Å²) >= 11 is 0. The Morgan fingerprint density at radius 2 is 1.91 bits per heavy atom. The van der Waals surface area contributed by atoms with E-state index in [4.69, 9.17) is 0 Å². The minimum absolute atomic E-state index is 0.00176. The fourth-order valence-electron chi connectivity index (χ4n) is 2.07. The number of amides is 1. The first-order chi connectivity index (χ1) is 10.6. The number of aromatic nitrogens is 3. The molecule has 0 aromatic carbocycles. The highest BCUT2D eigenvalue weighted by Gasteiger charge is 2.60. The largest absolute Gasteiger partial charge is 0.459 e. The smallest absolute Gasteiger partial charge is 0.348 e. The first-order valence-electron chi connectivity index (χ1n) is 6.73. The molecule has 5 nitrogen and oxygen atoms in total. The first-order valence-corrected chi connectivity index (χ1v) is 6.73. The maximum Gasteiger partial charge on any atom is 0.459 e. The van der Waals surface area contributed by atoms with E-state index in [0.717, 1.165) is 18.9 Å². The van der Waals surface area contributed by atoms with Gasteiger partial charge >= 0.3 is 12.1 Å². The molecule has 0 unspecified atom stereocenters. The molecule has 2 aromatic rings. The average molecular weight is 334 g/mol. The van der Waals surface area contributed by atoms with Crippen LogP contribution in [0.15, 0.2) is 12.1 Å². The van der Waals surface area contributed by atoms with Crippen molar-refractivity contribution in [2.45, 2.75) is 37.9 Å². The van der Waals surface area contributed by atoms with Gasteiger partial charge < -0.3 is 5.32 Å². The minimum atomic E-state index is -5.78. The highest BCUT2D eigenvalue weighted by molar-refractivity contribution is 5.93. The fourth-order valence-corrected chi connectivity index (χ4v) is 2.07. The Balaban J connectivity index is 2.11. The van der Waals surface area contributed by atoms with Crippen molar-refractivity contribution in [3.63, 3.8) is 0 Å². The lowest BCUT2D eigenvalue weighted by atomic mass is 10.2. The number of nitrogens with one attached hydrogen (secondary N) is 1. The van der Waals surface area contributed by atoms with E-state index in [1.165, 1.54) is 6.92 Å². The molecule has 1 aliphatic carbocycles. The van der Waals surface area contributed by atoms with Crippen LogP contribution in [0.25, 0.3) is 5.65 Å². The monoisotopic (exact) mass is 334 g/mol. The van der Waals surface area contributed by atoms with Crippen LogP contribution >= 0.6 is 0 Å². The molecule has 1 fully saturated rings. The van der Waals surface area contributed by atoms with Crippen molar-refractivity contribution in [2.75, 3.05) is 0 Å². The summed E-state index contributed by atoms with van der Waals surface area (Å²) in [6.07, 6.45) is -4.18. The van der Waals surface area contributed by atoms with E-state index in [-0.39, 0.29) is 23.1 Å². The lowest BCUT2D eigenvalue weighted by molar-refractivity contribution is -0.291. The number of rotatable bonds is 3. The fraction of sp³-hybridized carbons (Fsp3) is 0.462. The second-order valence-electron chi connectivity index (χ2n) is 5.40. The Morgan fingerprint density at radius 3 is 2.48 bits per heavy atom. The van der Waals surface area contributed by atoms with Gasteiger partial charge in [0.05, 0.1) is 0 Å². The Bertz CT molecular complexity index is 778. The van der Waals surface area contributed by atoms with Crippen LogP contribution < -0.4 is 5.32 Å². The zero-order valence-corrected chi connectivity index (χ0v) is 11.8. The lowest BCUT2D eigenvalue weighted by Crippen LogP contribution is -2.36. The summed E-state index contributed by atoms with van der Waals surface area (Å²) in [5, 5.41) is 6.16. The molecule has 0 spiro atoms. The molecule has 1 amide bonds. The van der Waals surface area contributed by atoms with Gasteiger partial charge in [0.15, 0.2) is 11.3 Å². The third-order valence-corrected chi connectivity index (χ3v) is 3.38. The summed E-state index contributed by atoms with van der Waals surface area (Å²) in [6, 6.07) is 1.69. The van der Waals surface area contributed by atoms with E-state index in [2.05, 4.69) is 15.4 Å². The van der Waals surface area contributed by atoms with Gasteiger partial charge in [0.1, 0.15) is 5.69 Å².